The number of hydrogen-bond donors (Lipinski definition) is 2. The van der Waals surface area contributed by atoms with E-state index in [4.69, 9.17) is 4.74 Å². The first-order valence-corrected chi connectivity index (χ1v) is 15.2. The van der Waals surface area contributed by atoms with Crippen molar-refractivity contribution in [3.63, 3.8) is 0 Å². The molecule has 3 aliphatic rings. The molecule has 10 nitrogen and oxygen atoms in total. The van der Waals surface area contributed by atoms with Crippen molar-refractivity contribution < 1.29 is 28.7 Å². The summed E-state index contributed by atoms with van der Waals surface area (Å²) in [6, 6.07) is 15.1. The van der Waals surface area contributed by atoms with E-state index in [0.29, 0.717) is 38.8 Å². The van der Waals surface area contributed by atoms with E-state index in [2.05, 4.69) is 10.6 Å². The second-order valence-corrected chi connectivity index (χ2v) is 12.0. The number of rotatable bonds is 5. The van der Waals surface area contributed by atoms with E-state index in [1.165, 1.54) is 9.80 Å². The fourth-order valence-electron chi connectivity index (χ4n) is 6.30. The quantitative estimate of drug-likeness (QED) is 0.515. The number of esters is 1. The number of carbonyl (C=O) groups excluding carboxylic acids is 5. The lowest BCUT2D eigenvalue weighted by molar-refractivity contribution is -0.165. The maximum atomic E-state index is 14.0. The maximum absolute atomic E-state index is 14.0. The number of nitrogens with one attached hydrogen (secondary N) is 2. The smallest absolute Gasteiger partial charge is 0.329 e. The number of ether oxygens (including phenoxy) is 1. The van der Waals surface area contributed by atoms with Crippen molar-refractivity contribution in [3.05, 3.63) is 71.8 Å². The maximum Gasteiger partial charge on any atom is 0.329 e. The lowest BCUT2D eigenvalue weighted by atomic mass is 10.0. The fourth-order valence-corrected chi connectivity index (χ4v) is 6.30. The molecule has 3 saturated heterocycles. The Labute approximate surface area is 252 Å². The summed E-state index contributed by atoms with van der Waals surface area (Å²) in [6.45, 7) is 4.23. The minimum Gasteiger partial charge on any atom is -0.450 e. The second kappa shape index (κ2) is 13.4. The zero-order valence-corrected chi connectivity index (χ0v) is 24.7. The van der Waals surface area contributed by atoms with Gasteiger partial charge < -0.3 is 25.2 Å². The third-order valence-corrected chi connectivity index (χ3v) is 8.55. The van der Waals surface area contributed by atoms with Gasteiger partial charge in [0, 0.05) is 25.9 Å². The van der Waals surface area contributed by atoms with Crippen molar-refractivity contribution in [1.29, 1.82) is 0 Å². The zero-order valence-electron chi connectivity index (χ0n) is 24.7. The van der Waals surface area contributed by atoms with E-state index >= 15 is 0 Å². The third kappa shape index (κ3) is 6.89. The Hall–Kier alpha value is -4.21. The van der Waals surface area contributed by atoms with Crippen LogP contribution < -0.4 is 10.6 Å². The highest BCUT2D eigenvalue weighted by Crippen LogP contribution is 2.25. The molecule has 4 amide bonds. The van der Waals surface area contributed by atoms with Crippen LogP contribution in [0.15, 0.2) is 60.7 Å². The molecule has 43 heavy (non-hydrogen) atoms. The zero-order chi connectivity index (χ0) is 30.5. The molecule has 10 heteroatoms. The number of nitrogens with zero attached hydrogens (tertiary/aromatic N) is 2. The van der Waals surface area contributed by atoms with Gasteiger partial charge in [-0.2, -0.15) is 0 Å². The predicted octanol–water partition coefficient (Wildman–Crippen LogP) is 2.00. The van der Waals surface area contributed by atoms with Crippen LogP contribution in [-0.4, -0.2) is 82.8 Å². The predicted molar refractivity (Wildman–Crippen MR) is 158 cm³/mol. The second-order valence-electron chi connectivity index (χ2n) is 12.0. The number of hydrogen-bond acceptors (Lipinski definition) is 6. The standard InChI is InChI=1S/C33H40N4O6/c1-21(2)28-30(39)35-25(20-23-13-7-4-8-14-23)31(40)36-17-9-15-26(36)29(38)34-24(19-22-11-5-3-6-12-22)32(41)37-18-10-16-27(37)33(42)43-28/h3-8,11-14,21,24-28H,9-10,15-20H2,1-2H3,(H,34,38)(H,35,39)/t24-,25-,26+,27+,28+/m1/s1. The van der Waals surface area contributed by atoms with Gasteiger partial charge in [-0.25, -0.2) is 4.79 Å². The molecule has 3 fully saturated rings. The van der Waals surface area contributed by atoms with Gasteiger partial charge in [-0.1, -0.05) is 74.5 Å². The van der Waals surface area contributed by atoms with Gasteiger partial charge in [0.1, 0.15) is 24.2 Å². The van der Waals surface area contributed by atoms with Crippen LogP contribution in [0.3, 0.4) is 0 Å². The van der Waals surface area contributed by atoms with Gasteiger partial charge in [0.05, 0.1) is 0 Å². The van der Waals surface area contributed by atoms with Crippen molar-refractivity contribution in [1.82, 2.24) is 20.4 Å². The molecule has 3 aliphatic heterocycles. The first-order chi connectivity index (χ1) is 20.7. The Bertz CT molecular complexity index is 1290. The minimum absolute atomic E-state index is 0.209. The number of benzene rings is 2. The van der Waals surface area contributed by atoms with Crippen molar-refractivity contribution in [3.8, 4) is 0 Å². The highest BCUT2D eigenvalue weighted by atomic mass is 16.6. The molecule has 5 atom stereocenters. The average Bonchev–Trinajstić information content (AvgIpc) is 3.69. The number of fused-ring (bicyclic) bond motifs is 2. The van der Waals surface area contributed by atoms with Crippen LogP contribution in [0.4, 0.5) is 0 Å². The van der Waals surface area contributed by atoms with E-state index in [0.717, 1.165) is 11.1 Å². The highest BCUT2D eigenvalue weighted by molar-refractivity contribution is 5.97. The molecule has 3 heterocycles. The number of cyclic esters (lactones) is 1. The van der Waals surface area contributed by atoms with Crippen molar-refractivity contribution in [2.24, 2.45) is 5.92 Å². The molecule has 5 rings (SSSR count). The lowest BCUT2D eigenvalue weighted by Crippen LogP contribution is -2.58. The Balaban J connectivity index is 1.52. The molecule has 0 saturated carbocycles. The van der Waals surface area contributed by atoms with Crippen molar-refractivity contribution in [2.45, 2.75) is 82.6 Å². The van der Waals surface area contributed by atoms with E-state index < -0.39 is 48.1 Å². The largest absolute Gasteiger partial charge is 0.450 e. The van der Waals surface area contributed by atoms with Gasteiger partial charge in [-0.05, 0) is 42.7 Å². The summed E-state index contributed by atoms with van der Waals surface area (Å²) in [5.41, 5.74) is 1.70. The molecular weight excluding hydrogens is 548 g/mol. The molecule has 2 aromatic rings. The fraction of sp³-hybridized carbons (Fsp3) is 0.485. The molecule has 0 aromatic heterocycles. The van der Waals surface area contributed by atoms with Gasteiger partial charge >= 0.3 is 5.97 Å². The van der Waals surface area contributed by atoms with Crippen LogP contribution in [0.2, 0.25) is 0 Å². The third-order valence-electron chi connectivity index (χ3n) is 8.55. The molecule has 2 N–H and O–H groups in total. The van der Waals surface area contributed by atoms with Gasteiger partial charge in [0.15, 0.2) is 6.10 Å². The first-order valence-electron chi connectivity index (χ1n) is 15.2. The summed E-state index contributed by atoms with van der Waals surface area (Å²) in [5.74, 6) is -2.80. The summed E-state index contributed by atoms with van der Waals surface area (Å²) in [6.07, 6.45) is 1.34. The molecule has 2 aromatic carbocycles. The van der Waals surface area contributed by atoms with E-state index in [-0.39, 0.29) is 30.6 Å². The summed E-state index contributed by atoms with van der Waals surface area (Å²) >= 11 is 0. The molecular formula is C33H40N4O6. The van der Waals surface area contributed by atoms with Crippen molar-refractivity contribution in [2.75, 3.05) is 13.1 Å². The summed E-state index contributed by atoms with van der Waals surface area (Å²) in [5, 5.41) is 5.80. The van der Waals surface area contributed by atoms with E-state index in [1.54, 1.807) is 13.8 Å². The Morgan fingerprint density at radius 2 is 1.16 bits per heavy atom. The Morgan fingerprint density at radius 3 is 1.67 bits per heavy atom. The molecule has 0 aliphatic carbocycles. The minimum atomic E-state index is -1.16. The molecule has 0 radical (unpaired) electrons. The Morgan fingerprint density at radius 1 is 0.698 bits per heavy atom. The normalized spacial score (nSPS) is 27.1. The van der Waals surface area contributed by atoms with Crippen LogP contribution in [0.25, 0.3) is 0 Å². The topological polar surface area (TPSA) is 125 Å². The van der Waals surface area contributed by atoms with Gasteiger partial charge in [-0.3, -0.25) is 19.2 Å². The molecule has 0 spiro atoms. The van der Waals surface area contributed by atoms with Crippen LogP contribution in [-0.2, 0) is 41.6 Å². The van der Waals surface area contributed by atoms with Gasteiger partial charge in [-0.15, -0.1) is 0 Å². The van der Waals surface area contributed by atoms with E-state index in [1.807, 2.05) is 60.7 Å². The highest BCUT2D eigenvalue weighted by Gasteiger charge is 2.44. The van der Waals surface area contributed by atoms with Crippen molar-refractivity contribution >= 4 is 29.6 Å². The summed E-state index contributed by atoms with van der Waals surface area (Å²) < 4.78 is 5.80. The van der Waals surface area contributed by atoms with Crippen LogP contribution in [0.5, 0.6) is 0 Å². The SMILES string of the molecule is CC(C)[C@@H]1OC(=O)[C@@H]2CCCN2C(=O)[C@@H](Cc2ccccc2)NC(=O)[C@@H]2CCCN2C(=O)[C@@H](Cc2ccccc2)NC1=O. The van der Waals surface area contributed by atoms with Gasteiger partial charge in [0.25, 0.3) is 5.91 Å². The average molecular weight is 589 g/mol. The molecule has 0 bridgehead atoms. The first kappa shape index (κ1) is 30.3. The monoisotopic (exact) mass is 588 g/mol. The van der Waals surface area contributed by atoms with Crippen LogP contribution in [0, 0.1) is 5.92 Å². The number of carbonyl (C=O) groups is 5. The Kier molecular flexibility index (Phi) is 9.43. The van der Waals surface area contributed by atoms with Crippen LogP contribution >= 0.6 is 0 Å². The lowest BCUT2D eigenvalue weighted by Gasteiger charge is -2.31. The van der Waals surface area contributed by atoms with E-state index in [9.17, 15) is 24.0 Å². The summed E-state index contributed by atoms with van der Waals surface area (Å²) in [7, 11) is 0. The molecule has 0 unspecified atom stereocenters. The summed E-state index contributed by atoms with van der Waals surface area (Å²) in [4.78, 5) is 72.0. The number of amides is 4. The van der Waals surface area contributed by atoms with Crippen LogP contribution in [0.1, 0.15) is 50.7 Å². The molecule has 228 valence electrons. The van der Waals surface area contributed by atoms with Gasteiger partial charge in [0.2, 0.25) is 17.7 Å².